The molecule has 30 heavy (non-hydrogen) atoms. The standard InChI is InChI=1S/C23H25N3O3S/c1-28-19-11-10-16(13-20(19)29-2)14-21-22(27)26(18-8-4-3-5-9-18)23(30-21)25-17-7-6-12-24-15-17/h6-7,10-15,18H,3-5,8-9H2,1-2H3/b21-14-,25-23?. The number of methoxy groups -OCH3 is 2. The number of amides is 1. The molecule has 2 aliphatic rings. The van der Waals surface area contributed by atoms with Crippen LogP contribution >= 0.6 is 11.8 Å². The van der Waals surface area contributed by atoms with Gasteiger partial charge in [-0.15, -0.1) is 0 Å². The summed E-state index contributed by atoms with van der Waals surface area (Å²) >= 11 is 1.42. The number of ether oxygens (including phenoxy) is 2. The minimum Gasteiger partial charge on any atom is -0.493 e. The highest BCUT2D eigenvalue weighted by molar-refractivity contribution is 8.18. The van der Waals surface area contributed by atoms with Gasteiger partial charge in [0.25, 0.3) is 5.91 Å². The molecule has 0 unspecified atom stereocenters. The maximum atomic E-state index is 13.4. The van der Waals surface area contributed by atoms with Crippen molar-refractivity contribution in [3.63, 3.8) is 0 Å². The molecule has 2 fully saturated rings. The smallest absolute Gasteiger partial charge is 0.267 e. The number of nitrogens with zero attached hydrogens (tertiary/aromatic N) is 3. The fourth-order valence-electron chi connectivity index (χ4n) is 3.85. The first-order chi connectivity index (χ1) is 14.7. The third kappa shape index (κ3) is 4.36. The van der Waals surface area contributed by atoms with E-state index < -0.39 is 0 Å². The Hall–Kier alpha value is -2.80. The molecule has 2 aromatic rings. The number of amidine groups is 1. The Kier molecular flexibility index (Phi) is 6.38. The maximum absolute atomic E-state index is 13.4. The summed E-state index contributed by atoms with van der Waals surface area (Å²) in [5.74, 6) is 1.31. The quantitative estimate of drug-likeness (QED) is 0.631. The van der Waals surface area contributed by atoms with E-state index in [0.717, 1.165) is 42.1 Å². The monoisotopic (exact) mass is 423 g/mol. The van der Waals surface area contributed by atoms with Gasteiger partial charge < -0.3 is 9.47 Å². The molecule has 0 spiro atoms. The topological polar surface area (TPSA) is 64.0 Å². The minimum absolute atomic E-state index is 0.0179. The van der Waals surface area contributed by atoms with Crippen LogP contribution in [0.1, 0.15) is 37.7 Å². The van der Waals surface area contributed by atoms with E-state index in [1.807, 2.05) is 41.3 Å². The number of hydrogen-bond acceptors (Lipinski definition) is 6. The van der Waals surface area contributed by atoms with Crippen molar-refractivity contribution in [1.82, 2.24) is 9.88 Å². The first-order valence-corrected chi connectivity index (χ1v) is 10.9. The lowest BCUT2D eigenvalue weighted by Crippen LogP contribution is -2.40. The SMILES string of the molecule is COc1ccc(/C=C2\SC(=Nc3cccnc3)N(C3CCCCC3)C2=O)cc1OC. The zero-order valence-corrected chi connectivity index (χ0v) is 18.0. The molecule has 0 radical (unpaired) electrons. The summed E-state index contributed by atoms with van der Waals surface area (Å²) in [6.07, 6.45) is 10.9. The highest BCUT2D eigenvalue weighted by Crippen LogP contribution is 2.39. The summed E-state index contributed by atoms with van der Waals surface area (Å²) in [5.41, 5.74) is 1.63. The molecule has 0 atom stereocenters. The van der Waals surface area contributed by atoms with Gasteiger partial charge in [-0.2, -0.15) is 0 Å². The van der Waals surface area contributed by atoms with Crippen molar-refractivity contribution >= 4 is 34.6 Å². The van der Waals surface area contributed by atoms with Gasteiger partial charge in [-0.1, -0.05) is 25.3 Å². The largest absolute Gasteiger partial charge is 0.493 e. The molecule has 1 amide bonds. The molecule has 4 rings (SSSR count). The maximum Gasteiger partial charge on any atom is 0.267 e. The van der Waals surface area contributed by atoms with Crippen LogP contribution in [0, 0.1) is 0 Å². The second-order valence-electron chi connectivity index (χ2n) is 7.30. The molecule has 1 saturated carbocycles. The van der Waals surface area contributed by atoms with E-state index in [1.165, 1.54) is 18.2 Å². The van der Waals surface area contributed by atoms with Crippen molar-refractivity contribution in [2.75, 3.05) is 14.2 Å². The predicted molar refractivity (Wildman–Crippen MR) is 120 cm³/mol. The Labute approximate surface area is 181 Å². The van der Waals surface area contributed by atoms with Gasteiger partial charge in [0.2, 0.25) is 0 Å². The number of carbonyl (C=O) groups is 1. The lowest BCUT2D eigenvalue weighted by Gasteiger charge is -2.30. The molecule has 0 N–H and O–H groups in total. The van der Waals surface area contributed by atoms with Crippen LogP contribution < -0.4 is 9.47 Å². The summed E-state index contributed by atoms with van der Waals surface area (Å²) in [6, 6.07) is 9.60. The number of carbonyl (C=O) groups excluding carboxylic acids is 1. The second-order valence-corrected chi connectivity index (χ2v) is 8.31. The van der Waals surface area contributed by atoms with Crippen molar-refractivity contribution in [2.24, 2.45) is 4.99 Å². The number of benzene rings is 1. The number of hydrogen-bond donors (Lipinski definition) is 0. The Morgan fingerprint density at radius 3 is 2.63 bits per heavy atom. The van der Waals surface area contributed by atoms with E-state index in [0.29, 0.717) is 16.4 Å². The van der Waals surface area contributed by atoms with Crippen molar-refractivity contribution in [3.8, 4) is 11.5 Å². The summed E-state index contributed by atoms with van der Waals surface area (Å²) < 4.78 is 10.7. The average molecular weight is 424 g/mol. The molecule has 156 valence electrons. The van der Waals surface area contributed by atoms with Crippen LogP contribution in [-0.2, 0) is 4.79 Å². The molecule has 6 nitrogen and oxygen atoms in total. The number of aliphatic imine (C=N–C) groups is 1. The average Bonchev–Trinajstić information content (AvgIpc) is 3.09. The van der Waals surface area contributed by atoms with E-state index in [4.69, 9.17) is 14.5 Å². The fraction of sp³-hybridized carbons (Fsp3) is 0.348. The van der Waals surface area contributed by atoms with E-state index in [1.54, 1.807) is 26.6 Å². The van der Waals surface area contributed by atoms with Gasteiger partial charge in [0.05, 0.1) is 31.0 Å². The molecule has 0 bridgehead atoms. The van der Waals surface area contributed by atoms with Gasteiger partial charge in [0.15, 0.2) is 16.7 Å². The summed E-state index contributed by atoms with van der Waals surface area (Å²) in [7, 11) is 3.21. The van der Waals surface area contributed by atoms with Gasteiger partial charge >= 0.3 is 0 Å². The highest BCUT2D eigenvalue weighted by Gasteiger charge is 2.38. The number of rotatable bonds is 5. The van der Waals surface area contributed by atoms with Crippen LogP contribution in [0.4, 0.5) is 5.69 Å². The van der Waals surface area contributed by atoms with E-state index in [-0.39, 0.29) is 11.9 Å². The predicted octanol–water partition coefficient (Wildman–Crippen LogP) is 5.04. The summed E-state index contributed by atoms with van der Waals surface area (Å²) in [4.78, 5) is 24.8. The zero-order chi connectivity index (χ0) is 20.9. The number of thioether (sulfide) groups is 1. The van der Waals surface area contributed by atoms with Gasteiger partial charge in [-0.25, -0.2) is 4.99 Å². The molecule has 1 saturated heterocycles. The van der Waals surface area contributed by atoms with Crippen LogP contribution in [-0.4, -0.2) is 41.2 Å². The molecular weight excluding hydrogens is 398 g/mol. The second kappa shape index (κ2) is 9.34. The lowest BCUT2D eigenvalue weighted by atomic mass is 9.94. The normalized spacial score (nSPS) is 20.2. The van der Waals surface area contributed by atoms with Crippen LogP contribution in [0.15, 0.2) is 52.6 Å². The summed E-state index contributed by atoms with van der Waals surface area (Å²) in [6.45, 7) is 0. The molecule has 1 aromatic heterocycles. The van der Waals surface area contributed by atoms with E-state index in [2.05, 4.69) is 4.98 Å². The van der Waals surface area contributed by atoms with Crippen molar-refractivity contribution in [1.29, 1.82) is 0 Å². The fourth-order valence-corrected chi connectivity index (χ4v) is 4.91. The van der Waals surface area contributed by atoms with Crippen molar-refractivity contribution < 1.29 is 14.3 Å². The Morgan fingerprint density at radius 2 is 1.93 bits per heavy atom. The van der Waals surface area contributed by atoms with Crippen molar-refractivity contribution in [2.45, 2.75) is 38.1 Å². The first kappa shape index (κ1) is 20.5. The first-order valence-electron chi connectivity index (χ1n) is 10.1. The molecule has 1 aromatic carbocycles. The van der Waals surface area contributed by atoms with Crippen LogP contribution in [0.2, 0.25) is 0 Å². The molecule has 1 aliphatic heterocycles. The van der Waals surface area contributed by atoms with E-state index >= 15 is 0 Å². The molecule has 1 aliphatic carbocycles. The van der Waals surface area contributed by atoms with Crippen LogP contribution in [0.25, 0.3) is 6.08 Å². The van der Waals surface area contributed by atoms with Crippen molar-refractivity contribution in [3.05, 3.63) is 53.2 Å². The van der Waals surface area contributed by atoms with Gasteiger partial charge in [0, 0.05) is 12.2 Å². The zero-order valence-electron chi connectivity index (χ0n) is 17.2. The van der Waals surface area contributed by atoms with Gasteiger partial charge in [-0.3, -0.25) is 14.7 Å². The van der Waals surface area contributed by atoms with Gasteiger partial charge in [-0.05, 0) is 60.5 Å². The lowest BCUT2D eigenvalue weighted by molar-refractivity contribution is -0.124. The highest BCUT2D eigenvalue weighted by atomic mass is 32.2. The Balaban J connectivity index is 1.69. The third-order valence-corrected chi connectivity index (χ3v) is 6.34. The van der Waals surface area contributed by atoms with Crippen LogP contribution in [0.5, 0.6) is 11.5 Å². The minimum atomic E-state index is 0.0179. The van der Waals surface area contributed by atoms with Crippen LogP contribution in [0.3, 0.4) is 0 Å². The van der Waals surface area contributed by atoms with E-state index in [9.17, 15) is 4.79 Å². The van der Waals surface area contributed by atoms with Gasteiger partial charge in [0.1, 0.15) is 0 Å². The third-order valence-electron chi connectivity index (χ3n) is 5.35. The molecule has 2 heterocycles. The molecule has 7 heteroatoms. The summed E-state index contributed by atoms with van der Waals surface area (Å²) in [5, 5.41) is 0.728. The Bertz CT molecular complexity index is 969. The molecular formula is C23H25N3O3S. The Morgan fingerprint density at radius 1 is 1.13 bits per heavy atom. The number of aromatic nitrogens is 1. The number of pyridine rings is 1.